The summed E-state index contributed by atoms with van der Waals surface area (Å²) < 4.78 is 29.0. The maximum absolute atomic E-state index is 12.5. The van der Waals surface area contributed by atoms with Crippen LogP contribution in [0.2, 0.25) is 0 Å². The van der Waals surface area contributed by atoms with Gasteiger partial charge >= 0.3 is 0 Å². The molecule has 0 radical (unpaired) electrons. The molecule has 0 N–H and O–H groups in total. The highest BCUT2D eigenvalue weighted by atomic mass is 32.2. The first-order valence-electron chi connectivity index (χ1n) is 6.82. The van der Waals surface area contributed by atoms with Gasteiger partial charge in [0.05, 0.1) is 11.4 Å². The predicted molar refractivity (Wildman–Crippen MR) is 90.6 cm³/mol. The fraction of sp³-hybridized carbons (Fsp3) is 0.125. The minimum Gasteiger partial charge on any atom is -0.374 e. The van der Waals surface area contributed by atoms with Crippen LogP contribution >= 0.6 is 11.3 Å². The zero-order valence-corrected chi connectivity index (χ0v) is 14.2. The van der Waals surface area contributed by atoms with Crippen LogP contribution in [0, 0.1) is 0 Å². The molecule has 0 aliphatic heterocycles. The second-order valence-corrected chi connectivity index (χ2v) is 7.96. The lowest BCUT2D eigenvalue weighted by molar-refractivity contribution is 0.100. The third-order valence-corrected chi connectivity index (χ3v) is 6.07. The Labute approximate surface area is 138 Å². The molecule has 0 saturated carbocycles. The SMILES string of the molecule is CN(C)C1=CC(=NS(=O)(=O)c2cccs2)c2ccccc2C1=O. The van der Waals surface area contributed by atoms with Crippen molar-refractivity contribution >= 4 is 32.9 Å². The van der Waals surface area contributed by atoms with Gasteiger partial charge in [0.25, 0.3) is 10.0 Å². The van der Waals surface area contributed by atoms with Crippen molar-refractivity contribution in [2.45, 2.75) is 4.21 Å². The zero-order valence-electron chi connectivity index (χ0n) is 12.6. The van der Waals surface area contributed by atoms with E-state index in [1.165, 1.54) is 12.1 Å². The number of Topliss-reactive ketones (excluding diaryl/α,β-unsaturated/α-hetero) is 1. The molecule has 0 spiro atoms. The number of fused-ring (bicyclic) bond motifs is 1. The lowest BCUT2D eigenvalue weighted by Gasteiger charge is -2.22. The molecule has 7 heteroatoms. The highest BCUT2D eigenvalue weighted by Gasteiger charge is 2.27. The van der Waals surface area contributed by atoms with Gasteiger partial charge in [0.15, 0.2) is 0 Å². The van der Waals surface area contributed by atoms with Gasteiger partial charge in [0.2, 0.25) is 5.78 Å². The molecule has 0 bridgehead atoms. The summed E-state index contributed by atoms with van der Waals surface area (Å²) in [5.41, 5.74) is 1.67. The highest BCUT2D eigenvalue weighted by molar-refractivity contribution is 7.92. The maximum atomic E-state index is 12.5. The molecule has 1 aromatic heterocycles. The number of ketones is 1. The molecule has 5 nitrogen and oxygen atoms in total. The van der Waals surface area contributed by atoms with Gasteiger partial charge in [-0.3, -0.25) is 4.79 Å². The second-order valence-electron chi connectivity index (χ2n) is 5.18. The number of carbonyl (C=O) groups excluding carboxylic acids is 1. The van der Waals surface area contributed by atoms with E-state index in [9.17, 15) is 13.2 Å². The number of hydrogen-bond acceptors (Lipinski definition) is 5. The van der Waals surface area contributed by atoms with Crippen molar-refractivity contribution in [2.75, 3.05) is 14.1 Å². The number of thiophene rings is 1. The third-order valence-electron chi connectivity index (χ3n) is 3.40. The quantitative estimate of drug-likeness (QED) is 0.857. The van der Waals surface area contributed by atoms with Gasteiger partial charge in [-0.05, 0) is 17.5 Å². The van der Waals surface area contributed by atoms with Gasteiger partial charge in [-0.15, -0.1) is 11.3 Å². The second kappa shape index (κ2) is 5.75. The average Bonchev–Trinajstić information content (AvgIpc) is 3.05. The molecule has 1 aromatic carbocycles. The Balaban J connectivity index is 2.21. The normalized spacial score (nSPS) is 16.2. The van der Waals surface area contributed by atoms with Crippen LogP contribution in [0.4, 0.5) is 0 Å². The van der Waals surface area contributed by atoms with Crippen LogP contribution in [-0.2, 0) is 10.0 Å². The molecular formula is C16H14N2O3S2. The number of nitrogens with zero attached hydrogens (tertiary/aromatic N) is 2. The number of allylic oxidation sites excluding steroid dienone is 2. The van der Waals surface area contributed by atoms with E-state index in [4.69, 9.17) is 0 Å². The van der Waals surface area contributed by atoms with Crippen LogP contribution in [0.25, 0.3) is 0 Å². The first-order valence-corrected chi connectivity index (χ1v) is 9.14. The molecule has 1 aliphatic rings. The monoisotopic (exact) mass is 346 g/mol. The van der Waals surface area contributed by atoms with Crippen LogP contribution in [0.5, 0.6) is 0 Å². The minimum absolute atomic E-state index is 0.141. The smallest absolute Gasteiger partial charge is 0.292 e. The maximum Gasteiger partial charge on any atom is 0.292 e. The van der Waals surface area contributed by atoms with Crippen molar-refractivity contribution in [3.63, 3.8) is 0 Å². The third kappa shape index (κ3) is 2.85. The standard InChI is InChI=1S/C16H14N2O3S2/c1-18(2)14-10-13(11-6-3-4-7-12(11)16(14)19)17-23(20,21)15-8-5-9-22-15/h3-10H,1-2H3. The molecule has 0 amide bonds. The topological polar surface area (TPSA) is 66.8 Å². The Morgan fingerprint density at radius 3 is 2.35 bits per heavy atom. The van der Waals surface area contributed by atoms with Crippen molar-refractivity contribution in [3.8, 4) is 0 Å². The Morgan fingerprint density at radius 1 is 1.04 bits per heavy atom. The molecule has 0 unspecified atom stereocenters. The number of likely N-dealkylation sites (N-methyl/N-ethyl adjacent to an activating group) is 1. The van der Waals surface area contributed by atoms with Gasteiger partial charge in [-0.1, -0.05) is 30.3 Å². The molecule has 2 aromatic rings. The number of benzene rings is 1. The fourth-order valence-electron chi connectivity index (χ4n) is 2.31. The Kier molecular flexibility index (Phi) is 3.91. The van der Waals surface area contributed by atoms with Crippen molar-refractivity contribution in [1.82, 2.24) is 4.90 Å². The summed E-state index contributed by atoms with van der Waals surface area (Å²) in [7, 11) is -0.316. The first-order chi connectivity index (χ1) is 10.9. The molecule has 23 heavy (non-hydrogen) atoms. The average molecular weight is 346 g/mol. The van der Waals surface area contributed by atoms with Gasteiger partial charge in [-0.2, -0.15) is 12.8 Å². The molecule has 0 fully saturated rings. The number of rotatable bonds is 3. The van der Waals surface area contributed by atoms with E-state index in [2.05, 4.69) is 4.40 Å². The summed E-state index contributed by atoms with van der Waals surface area (Å²) >= 11 is 1.11. The van der Waals surface area contributed by atoms with E-state index in [-0.39, 0.29) is 15.7 Å². The van der Waals surface area contributed by atoms with E-state index < -0.39 is 10.0 Å². The molecular weight excluding hydrogens is 332 g/mol. The van der Waals surface area contributed by atoms with Crippen molar-refractivity contribution in [3.05, 3.63) is 64.7 Å². The lowest BCUT2D eigenvalue weighted by atomic mass is 9.92. The Hall–Kier alpha value is -2.25. The van der Waals surface area contributed by atoms with Crippen molar-refractivity contribution < 1.29 is 13.2 Å². The van der Waals surface area contributed by atoms with E-state index in [0.717, 1.165) is 11.3 Å². The fourth-order valence-corrected chi connectivity index (χ4v) is 4.27. The summed E-state index contributed by atoms with van der Waals surface area (Å²) in [5.74, 6) is -0.141. The van der Waals surface area contributed by atoms with Gasteiger partial charge < -0.3 is 4.90 Å². The van der Waals surface area contributed by atoms with Crippen molar-refractivity contribution in [2.24, 2.45) is 4.40 Å². The summed E-state index contributed by atoms with van der Waals surface area (Å²) in [4.78, 5) is 14.1. The van der Waals surface area contributed by atoms with E-state index >= 15 is 0 Å². The van der Waals surface area contributed by atoms with Crippen LogP contribution in [0.1, 0.15) is 15.9 Å². The van der Waals surface area contributed by atoms with Crippen LogP contribution in [-0.4, -0.2) is 38.9 Å². The predicted octanol–water partition coefficient (Wildman–Crippen LogP) is 2.57. The first kappa shape index (κ1) is 15.6. The largest absolute Gasteiger partial charge is 0.374 e. The van der Waals surface area contributed by atoms with Crippen LogP contribution in [0.15, 0.2) is 62.2 Å². The summed E-state index contributed by atoms with van der Waals surface area (Å²) in [6.45, 7) is 0. The summed E-state index contributed by atoms with van der Waals surface area (Å²) in [5, 5.41) is 1.69. The lowest BCUT2D eigenvalue weighted by Crippen LogP contribution is -2.26. The highest BCUT2D eigenvalue weighted by Crippen LogP contribution is 2.25. The van der Waals surface area contributed by atoms with Crippen molar-refractivity contribution in [1.29, 1.82) is 0 Å². The molecule has 1 heterocycles. The molecule has 3 rings (SSSR count). The van der Waals surface area contributed by atoms with Gasteiger partial charge in [0.1, 0.15) is 4.21 Å². The number of carbonyl (C=O) groups is 1. The van der Waals surface area contributed by atoms with Crippen LogP contribution < -0.4 is 0 Å². The van der Waals surface area contributed by atoms with E-state index in [1.54, 1.807) is 54.7 Å². The zero-order chi connectivity index (χ0) is 16.6. The van der Waals surface area contributed by atoms with Gasteiger partial charge in [-0.25, -0.2) is 0 Å². The van der Waals surface area contributed by atoms with E-state index in [0.29, 0.717) is 16.8 Å². The summed E-state index contributed by atoms with van der Waals surface area (Å²) in [6, 6.07) is 10.1. The Bertz CT molecular complexity index is 924. The minimum atomic E-state index is -3.79. The number of sulfonamides is 1. The van der Waals surface area contributed by atoms with Gasteiger partial charge in [0, 0.05) is 25.2 Å². The number of hydrogen-bond donors (Lipinski definition) is 0. The summed E-state index contributed by atoms with van der Waals surface area (Å²) in [6.07, 6.45) is 1.52. The Morgan fingerprint density at radius 2 is 1.74 bits per heavy atom. The molecule has 118 valence electrons. The molecule has 0 atom stereocenters. The van der Waals surface area contributed by atoms with Crippen LogP contribution in [0.3, 0.4) is 0 Å². The molecule has 1 aliphatic carbocycles. The van der Waals surface area contributed by atoms with E-state index in [1.807, 2.05) is 0 Å². The molecule has 0 saturated heterocycles.